The fourth-order valence-electron chi connectivity index (χ4n) is 7.32. The second-order valence-corrected chi connectivity index (χ2v) is 11.5. The third-order valence-corrected chi connectivity index (χ3v) is 9.18. The summed E-state index contributed by atoms with van der Waals surface area (Å²) in [5.74, 6) is 0.968. The molecule has 2 unspecified atom stereocenters. The second-order valence-electron chi connectivity index (χ2n) is 11.5. The molecule has 0 spiro atoms. The van der Waals surface area contributed by atoms with Gasteiger partial charge >= 0.3 is 6.01 Å². The molecular weight excluding hydrogens is 478 g/mol. The first kappa shape index (κ1) is 26.6. The van der Waals surface area contributed by atoms with Crippen LogP contribution in [0.3, 0.4) is 0 Å². The van der Waals surface area contributed by atoms with Crippen LogP contribution in [0.4, 0.5) is 0 Å². The SMILES string of the molecule is CCOc1nc(C)c(C(=O)N2CC3CN(CC[C@@H](c4ccccc4)C4(C(N)=O)CCCC4)CC3C2)c(C)n1. The minimum absolute atomic E-state index is 0.0257. The van der Waals surface area contributed by atoms with E-state index < -0.39 is 5.41 Å². The highest BCUT2D eigenvalue weighted by molar-refractivity contribution is 5.96. The molecule has 2 aromatic rings. The second kappa shape index (κ2) is 11.0. The Bertz CT molecular complexity index is 1130. The number of rotatable bonds is 9. The van der Waals surface area contributed by atoms with Crippen molar-refractivity contribution in [3.63, 3.8) is 0 Å². The first-order valence-electron chi connectivity index (χ1n) is 14.2. The van der Waals surface area contributed by atoms with Crippen molar-refractivity contribution in [2.24, 2.45) is 23.0 Å². The molecule has 2 aliphatic heterocycles. The molecule has 1 aromatic carbocycles. The number of nitrogens with zero attached hydrogens (tertiary/aromatic N) is 4. The highest BCUT2D eigenvalue weighted by atomic mass is 16.5. The van der Waals surface area contributed by atoms with Gasteiger partial charge in [-0.3, -0.25) is 9.59 Å². The summed E-state index contributed by atoms with van der Waals surface area (Å²) < 4.78 is 5.44. The summed E-state index contributed by atoms with van der Waals surface area (Å²) in [7, 11) is 0. The summed E-state index contributed by atoms with van der Waals surface area (Å²) >= 11 is 0. The molecule has 3 aliphatic rings. The van der Waals surface area contributed by atoms with Crippen molar-refractivity contribution in [1.82, 2.24) is 19.8 Å². The van der Waals surface area contributed by atoms with Crippen molar-refractivity contribution in [3.8, 4) is 6.01 Å². The van der Waals surface area contributed by atoms with Crippen LogP contribution in [0.2, 0.25) is 0 Å². The number of amides is 2. The van der Waals surface area contributed by atoms with E-state index in [2.05, 4.69) is 39.1 Å². The predicted octanol–water partition coefficient (Wildman–Crippen LogP) is 3.72. The number of aryl methyl sites for hydroxylation is 2. The van der Waals surface area contributed by atoms with Gasteiger partial charge in [-0.15, -0.1) is 0 Å². The number of ether oxygens (including phenoxy) is 1. The number of aromatic nitrogens is 2. The Labute approximate surface area is 226 Å². The Balaban J connectivity index is 1.22. The fourth-order valence-corrected chi connectivity index (χ4v) is 7.32. The third-order valence-electron chi connectivity index (χ3n) is 9.18. The predicted molar refractivity (Wildman–Crippen MR) is 146 cm³/mol. The lowest BCUT2D eigenvalue weighted by Crippen LogP contribution is -2.41. The highest BCUT2D eigenvalue weighted by Crippen LogP contribution is 2.50. The standard InChI is InChI=1S/C30H41N5O3/c1-4-38-29-32-20(2)26(21(3)33-29)27(36)35-18-23-16-34(17-24(23)19-35)15-12-25(22-10-6-5-7-11-22)30(28(31)37)13-8-9-14-30/h5-7,10-11,23-25H,4,8-9,12-19H2,1-3H3,(H2,31,37)/t23?,24?,25-/m0/s1. The highest BCUT2D eigenvalue weighted by Gasteiger charge is 2.47. The van der Waals surface area contributed by atoms with Crippen molar-refractivity contribution in [2.45, 2.75) is 58.8 Å². The number of benzene rings is 1. The Morgan fingerprint density at radius 1 is 1.03 bits per heavy atom. The van der Waals surface area contributed by atoms with E-state index in [0.29, 0.717) is 41.4 Å². The quantitative estimate of drug-likeness (QED) is 0.542. The van der Waals surface area contributed by atoms with Crippen LogP contribution in [0.1, 0.15) is 72.3 Å². The van der Waals surface area contributed by atoms with E-state index in [1.54, 1.807) is 0 Å². The van der Waals surface area contributed by atoms with E-state index in [1.165, 1.54) is 5.56 Å². The number of primary amides is 1. The Hall–Kier alpha value is -3.00. The van der Waals surface area contributed by atoms with E-state index in [1.807, 2.05) is 31.7 Å². The first-order chi connectivity index (χ1) is 18.3. The van der Waals surface area contributed by atoms with E-state index in [-0.39, 0.29) is 17.7 Å². The molecule has 1 aromatic heterocycles. The van der Waals surface area contributed by atoms with Gasteiger partial charge in [-0.25, -0.2) is 0 Å². The molecule has 3 fully saturated rings. The zero-order chi connectivity index (χ0) is 26.9. The van der Waals surface area contributed by atoms with Crippen LogP contribution in [0, 0.1) is 31.1 Å². The van der Waals surface area contributed by atoms with E-state index in [9.17, 15) is 9.59 Å². The molecule has 204 valence electrons. The smallest absolute Gasteiger partial charge is 0.316 e. The molecule has 0 bridgehead atoms. The number of fused-ring (bicyclic) bond motifs is 1. The Kier molecular flexibility index (Phi) is 7.70. The maximum absolute atomic E-state index is 13.4. The van der Waals surface area contributed by atoms with Crippen LogP contribution >= 0.6 is 0 Å². The van der Waals surface area contributed by atoms with Crippen molar-refractivity contribution in [1.29, 1.82) is 0 Å². The van der Waals surface area contributed by atoms with Gasteiger partial charge in [0.25, 0.3) is 5.91 Å². The average Bonchev–Trinajstić information content (AvgIpc) is 3.61. The molecule has 5 rings (SSSR count). The van der Waals surface area contributed by atoms with Crippen molar-refractivity contribution in [2.75, 3.05) is 39.3 Å². The van der Waals surface area contributed by atoms with Gasteiger partial charge in [-0.1, -0.05) is 43.2 Å². The molecule has 8 heteroatoms. The van der Waals surface area contributed by atoms with Crippen LogP contribution in [-0.4, -0.2) is 70.9 Å². The number of nitrogens with two attached hydrogens (primary N) is 1. The molecule has 1 saturated carbocycles. The van der Waals surface area contributed by atoms with E-state index in [0.717, 1.165) is 64.8 Å². The first-order valence-corrected chi connectivity index (χ1v) is 14.2. The lowest BCUT2D eigenvalue weighted by molar-refractivity contribution is -0.129. The fraction of sp³-hybridized carbons (Fsp3) is 0.600. The molecule has 3 heterocycles. The molecule has 38 heavy (non-hydrogen) atoms. The Morgan fingerprint density at radius 2 is 1.63 bits per heavy atom. The number of hydrogen-bond acceptors (Lipinski definition) is 6. The third kappa shape index (κ3) is 5.03. The van der Waals surface area contributed by atoms with Gasteiger partial charge in [0.15, 0.2) is 0 Å². The van der Waals surface area contributed by atoms with Crippen LogP contribution in [0.15, 0.2) is 30.3 Å². The topological polar surface area (TPSA) is 102 Å². The van der Waals surface area contributed by atoms with Gasteiger partial charge < -0.3 is 20.3 Å². The van der Waals surface area contributed by atoms with Crippen LogP contribution in [0.5, 0.6) is 6.01 Å². The molecule has 1 aliphatic carbocycles. The summed E-state index contributed by atoms with van der Waals surface area (Å²) in [6, 6.07) is 10.8. The summed E-state index contributed by atoms with van der Waals surface area (Å²) in [6.45, 7) is 10.5. The van der Waals surface area contributed by atoms with Gasteiger partial charge in [0, 0.05) is 26.2 Å². The zero-order valence-electron chi connectivity index (χ0n) is 23.0. The molecule has 8 nitrogen and oxygen atoms in total. The lowest BCUT2D eigenvalue weighted by atomic mass is 9.68. The number of carbonyl (C=O) groups excluding carboxylic acids is 2. The molecular formula is C30H41N5O3. The molecule has 0 radical (unpaired) electrons. The van der Waals surface area contributed by atoms with E-state index in [4.69, 9.17) is 10.5 Å². The monoisotopic (exact) mass is 519 g/mol. The maximum Gasteiger partial charge on any atom is 0.316 e. The lowest BCUT2D eigenvalue weighted by Gasteiger charge is -2.36. The van der Waals surface area contributed by atoms with Gasteiger partial charge in [0.2, 0.25) is 5.91 Å². The summed E-state index contributed by atoms with van der Waals surface area (Å²) in [6.07, 6.45) is 4.85. The number of hydrogen-bond donors (Lipinski definition) is 1. The normalized spacial score (nSPS) is 23.4. The summed E-state index contributed by atoms with van der Waals surface area (Å²) in [5.41, 5.74) is 8.80. The summed E-state index contributed by atoms with van der Waals surface area (Å²) in [5, 5.41) is 0. The number of carbonyl (C=O) groups is 2. The minimum Gasteiger partial charge on any atom is -0.464 e. The van der Waals surface area contributed by atoms with Gasteiger partial charge in [-0.2, -0.15) is 9.97 Å². The van der Waals surface area contributed by atoms with Crippen molar-refractivity contribution in [3.05, 3.63) is 52.8 Å². The average molecular weight is 520 g/mol. The van der Waals surface area contributed by atoms with Crippen molar-refractivity contribution < 1.29 is 14.3 Å². The van der Waals surface area contributed by atoms with Crippen LogP contribution in [0.25, 0.3) is 0 Å². The minimum atomic E-state index is -0.435. The zero-order valence-corrected chi connectivity index (χ0v) is 23.0. The maximum atomic E-state index is 13.4. The van der Waals surface area contributed by atoms with Crippen LogP contribution < -0.4 is 10.5 Å². The summed E-state index contributed by atoms with van der Waals surface area (Å²) in [4.78, 5) is 39.5. The molecule has 2 amide bonds. The van der Waals surface area contributed by atoms with Gasteiger partial charge in [-0.05, 0) is 69.9 Å². The molecule has 3 atom stereocenters. The van der Waals surface area contributed by atoms with Gasteiger partial charge in [0.05, 0.1) is 29.0 Å². The van der Waals surface area contributed by atoms with Gasteiger partial charge in [0.1, 0.15) is 0 Å². The molecule has 2 N–H and O–H groups in total. The largest absolute Gasteiger partial charge is 0.464 e. The number of likely N-dealkylation sites (tertiary alicyclic amines) is 2. The van der Waals surface area contributed by atoms with E-state index >= 15 is 0 Å². The van der Waals surface area contributed by atoms with Crippen molar-refractivity contribution >= 4 is 11.8 Å². The Morgan fingerprint density at radius 3 is 2.18 bits per heavy atom. The molecule has 2 saturated heterocycles. The van der Waals surface area contributed by atoms with Crippen LogP contribution in [-0.2, 0) is 4.79 Å².